The molecule has 0 bridgehead atoms. The second-order valence-electron chi connectivity index (χ2n) is 5.30. The van der Waals surface area contributed by atoms with Crippen LogP contribution in [0.5, 0.6) is 0 Å². The normalized spacial score (nSPS) is 18.6. The molecule has 1 atom stereocenters. The summed E-state index contributed by atoms with van der Waals surface area (Å²) in [6, 6.07) is 6.23. The van der Waals surface area contributed by atoms with Gasteiger partial charge in [-0.15, -0.1) is 0 Å². The van der Waals surface area contributed by atoms with Gasteiger partial charge in [-0.25, -0.2) is 0 Å². The van der Waals surface area contributed by atoms with E-state index in [1.54, 1.807) is 0 Å². The van der Waals surface area contributed by atoms with Crippen LogP contribution in [0.4, 0.5) is 0 Å². The number of benzene rings is 1. The van der Waals surface area contributed by atoms with E-state index in [1.807, 2.05) is 6.07 Å². The molecular formula is C15H18BrNO. The zero-order valence-electron chi connectivity index (χ0n) is 10.6. The van der Waals surface area contributed by atoms with E-state index in [-0.39, 0.29) is 6.04 Å². The van der Waals surface area contributed by atoms with Crippen LogP contribution in [-0.2, 0) is 0 Å². The van der Waals surface area contributed by atoms with Gasteiger partial charge < -0.3 is 10.2 Å². The first kappa shape index (κ1) is 12.2. The largest absolute Gasteiger partial charge is 0.459 e. The molecule has 1 heterocycles. The summed E-state index contributed by atoms with van der Waals surface area (Å²) >= 11 is 3.48. The van der Waals surface area contributed by atoms with Crippen molar-refractivity contribution in [1.29, 1.82) is 0 Å². The Morgan fingerprint density at radius 3 is 2.78 bits per heavy atom. The average molecular weight is 308 g/mol. The van der Waals surface area contributed by atoms with Gasteiger partial charge in [0.2, 0.25) is 0 Å². The minimum absolute atomic E-state index is 0.0543. The Bertz CT molecular complexity index is 569. The molecule has 1 aromatic carbocycles. The molecule has 2 aromatic rings. The summed E-state index contributed by atoms with van der Waals surface area (Å²) in [5.41, 5.74) is 8.54. The Morgan fingerprint density at radius 1 is 1.33 bits per heavy atom. The summed E-state index contributed by atoms with van der Waals surface area (Å²) in [4.78, 5) is 0. The van der Waals surface area contributed by atoms with E-state index >= 15 is 0 Å². The molecule has 1 aliphatic rings. The zero-order valence-corrected chi connectivity index (χ0v) is 12.2. The van der Waals surface area contributed by atoms with E-state index < -0.39 is 0 Å². The van der Waals surface area contributed by atoms with E-state index in [0.29, 0.717) is 5.92 Å². The minimum Gasteiger partial charge on any atom is -0.459 e. The van der Waals surface area contributed by atoms with Crippen molar-refractivity contribution < 1.29 is 4.42 Å². The third kappa shape index (κ3) is 1.99. The first-order valence-corrected chi connectivity index (χ1v) is 7.40. The molecule has 1 unspecified atom stereocenters. The highest BCUT2D eigenvalue weighted by Crippen LogP contribution is 2.38. The third-order valence-corrected chi connectivity index (χ3v) is 4.64. The standard InChI is InChI=1S/C15H18BrNO/c1-9-12-7-6-11(16)8-13(12)18-15(9)14(17)10-4-2-3-5-10/h6-8,10,14H,2-5,17H2,1H3. The number of rotatable bonds is 2. The lowest BCUT2D eigenvalue weighted by molar-refractivity contribution is 0.378. The van der Waals surface area contributed by atoms with E-state index in [0.717, 1.165) is 15.8 Å². The Morgan fingerprint density at radius 2 is 2.06 bits per heavy atom. The lowest BCUT2D eigenvalue weighted by atomic mass is 9.94. The topological polar surface area (TPSA) is 39.2 Å². The molecule has 0 aliphatic heterocycles. The van der Waals surface area contributed by atoms with Gasteiger partial charge in [-0.05, 0) is 49.4 Å². The van der Waals surface area contributed by atoms with Crippen LogP contribution in [0.25, 0.3) is 11.0 Å². The molecule has 1 saturated carbocycles. The quantitative estimate of drug-likeness (QED) is 0.874. The highest BCUT2D eigenvalue weighted by Gasteiger charge is 2.27. The molecule has 2 N–H and O–H groups in total. The van der Waals surface area contributed by atoms with Crippen molar-refractivity contribution in [2.24, 2.45) is 11.7 Å². The molecule has 1 aromatic heterocycles. The van der Waals surface area contributed by atoms with Crippen LogP contribution in [0.1, 0.15) is 43.0 Å². The van der Waals surface area contributed by atoms with Crippen LogP contribution in [0, 0.1) is 12.8 Å². The Labute approximate surface area is 116 Å². The predicted molar refractivity (Wildman–Crippen MR) is 77.5 cm³/mol. The van der Waals surface area contributed by atoms with E-state index in [2.05, 4.69) is 35.0 Å². The molecule has 3 heteroatoms. The summed E-state index contributed by atoms with van der Waals surface area (Å²) < 4.78 is 7.04. The molecule has 0 amide bonds. The highest BCUT2D eigenvalue weighted by atomic mass is 79.9. The van der Waals surface area contributed by atoms with Crippen LogP contribution in [-0.4, -0.2) is 0 Å². The van der Waals surface area contributed by atoms with Gasteiger partial charge in [-0.1, -0.05) is 28.8 Å². The van der Waals surface area contributed by atoms with Crippen LogP contribution >= 0.6 is 15.9 Å². The molecule has 2 nitrogen and oxygen atoms in total. The number of hydrogen-bond donors (Lipinski definition) is 1. The van der Waals surface area contributed by atoms with Gasteiger partial charge in [0.1, 0.15) is 11.3 Å². The summed E-state index contributed by atoms with van der Waals surface area (Å²) in [6.45, 7) is 2.11. The fourth-order valence-corrected chi connectivity index (χ4v) is 3.41. The predicted octanol–water partition coefficient (Wildman–Crippen LogP) is 4.69. The van der Waals surface area contributed by atoms with Crippen molar-refractivity contribution in [2.75, 3.05) is 0 Å². The molecule has 1 aliphatic carbocycles. The van der Waals surface area contributed by atoms with Gasteiger partial charge >= 0.3 is 0 Å². The SMILES string of the molecule is Cc1c(C(N)C2CCCC2)oc2cc(Br)ccc12. The number of aryl methyl sites for hydroxylation is 1. The lowest BCUT2D eigenvalue weighted by Gasteiger charge is -2.17. The molecule has 1 fully saturated rings. The monoisotopic (exact) mass is 307 g/mol. The number of fused-ring (bicyclic) bond motifs is 1. The zero-order chi connectivity index (χ0) is 12.7. The fourth-order valence-electron chi connectivity index (χ4n) is 3.07. The van der Waals surface area contributed by atoms with Gasteiger partial charge in [-0.3, -0.25) is 0 Å². The molecular weight excluding hydrogens is 290 g/mol. The molecule has 0 spiro atoms. The number of furan rings is 1. The van der Waals surface area contributed by atoms with Crippen LogP contribution in [0.3, 0.4) is 0 Å². The van der Waals surface area contributed by atoms with Crippen molar-refractivity contribution in [3.63, 3.8) is 0 Å². The fraction of sp³-hybridized carbons (Fsp3) is 0.467. The average Bonchev–Trinajstić information content (AvgIpc) is 2.97. The number of halogens is 1. The highest BCUT2D eigenvalue weighted by molar-refractivity contribution is 9.10. The van der Waals surface area contributed by atoms with Crippen molar-refractivity contribution in [1.82, 2.24) is 0 Å². The second-order valence-corrected chi connectivity index (χ2v) is 6.22. The Balaban J connectivity index is 2.03. The summed E-state index contributed by atoms with van der Waals surface area (Å²) in [5.74, 6) is 1.57. The summed E-state index contributed by atoms with van der Waals surface area (Å²) in [5, 5.41) is 1.18. The second kappa shape index (κ2) is 4.71. The molecule has 18 heavy (non-hydrogen) atoms. The molecule has 3 rings (SSSR count). The smallest absolute Gasteiger partial charge is 0.135 e. The van der Waals surface area contributed by atoms with Gasteiger partial charge in [0.05, 0.1) is 6.04 Å². The van der Waals surface area contributed by atoms with Gasteiger partial charge in [0.15, 0.2) is 0 Å². The molecule has 96 valence electrons. The van der Waals surface area contributed by atoms with E-state index in [4.69, 9.17) is 10.2 Å². The van der Waals surface area contributed by atoms with Crippen LogP contribution in [0.15, 0.2) is 27.1 Å². The maximum absolute atomic E-state index is 6.40. The number of nitrogens with two attached hydrogens (primary N) is 1. The van der Waals surface area contributed by atoms with Gasteiger partial charge in [0, 0.05) is 9.86 Å². The Hall–Kier alpha value is -0.800. The molecule has 0 radical (unpaired) electrons. The summed E-state index contributed by atoms with van der Waals surface area (Å²) in [7, 11) is 0. The van der Waals surface area contributed by atoms with E-state index in [9.17, 15) is 0 Å². The van der Waals surface area contributed by atoms with Crippen molar-refractivity contribution >= 4 is 26.9 Å². The van der Waals surface area contributed by atoms with Crippen LogP contribution < -0.4 is 5.73 Å². The first-order valence-electron chi connectivity index (χ1n) is 6.61. The van der Waals surface area contributed by atoms with Crippen molar-refractivity contribution in [2.45, 2.75) is 38.6 Å². The van der Waals surface area contributed by atoms with E-state index in [1.165, 1.54) is 36.6 Å². The maximum Gasteiger partial charge on any atom is 0.135 e. The minimum atomic E-state index is 0.0543. The first-order chi connectivity index (χ1) is 8.66. The lowest BCUT2D eigenvalue weighted by Crippen LogP contribution is -2.19. The third-order valence-electron chi connectivity index (χ3n) is 4.15. The molecule has 0 saturated heterocycles. The maximum atomic E-state index is 6.40. The summed E-state index contributed by atoms with van der Waals surface area (Å²) in [6.07, 6.45) is 5.09. The van der Waals surface area contributed by atoms with Crippen molar-refractivity contribution in [3.8, 4) is 0 Å². The Kier molecular flexibility index (Phi) is 3.20. The van der Waals surface area contributed by atoms with Crippen molar-refractivity contribution in [3.05, 3.63) is 34.0 Å². The number of hydrogen-bond acceptors (Lipinski definition) is 2. The van der Waals surface area contributed by atoms with Crippen LogP contribution in [0.2, 0.25) is 0 Å². The van der Waals surface area contributed by atoms with Gasteiger partial charge in [0.25, 0.3) is 0 Å². The van der Waals surface area contributed by atoms with Gasteiger partial charge in [-0.2, -0.15) is 0 Å².